The number of rotatable bonds is 10. The van der Waals surface area contributed by atoms with Crippen molar-refractivity contribution in [1.82, 2.24) is 12.3 Å². The van der Waals surface area contributed by atoms with Crippen LogP contribution in [0, 0.1) is 11.8 Å². The molecule has 0 amide bonds. The van der Waals surface area contributed by atoms with Crippen LogP contribution in [0.2, 0.25) is 0 Å². The second-order valence-electron chi connectivity index (χ2n) is 5.13. The van der Waals surface area contributed by atoms with E-state index in [0.29, 0.717) is 12.8 Å². The Morgan fingerprint density at radius 2 is 1.00 bits per heavy atom. The number of carbonyl (C=O) groups excluding carboxylic acids is 2. The Bertz CT molecular complexity index is 235. The van der Waals surface area contributed by atoms with E-state index in [0.717, 1.165) is 38.5 Å². The number of carboxylic acid groups (broad SMARTS) is 2. The number of hydrogen-bond acceptors (Lipinski definition) is 4. The first-order valence-electron chi connectivity index (χ1n) is 7.86. The average Bonchev–Trinajstić information content (AvgIpc) is 2.40. The van der Waals surface area contributed by atoms with Crippen molar-refractivity contribution in [1.29, 1.82) is 0 Å². The van der Waals surface area contributed by atoms with E-state index < -0.39 is 11.9 Å². The standard InChI is InChI=1S/2C8H16O2.2H3N/c2*1-3-5-6-7(4-2)8(9)10;;/h2*7H,3-6H2,1-2H3,(H,9,10);2*1H3. The van der Waals surface area contributed by atoms with Crippen molar-refractivity contribution in [2.75, 3.05) is 0 Å². The van der Waals surface area contributed by atoms with Crippen molar-refractivity contribution in [2.24, 2.45) is 11.8 Å². The maximum atomic E-state index is 10.3. The number of quaternary nitrogens is 2. The molecule has 8 N–H and O–H groups in total. The van der Waals surface area contributed by atoms with Crippen LogP contribution in [-0.4, -0.2) is 11.9 Å². The summed E-state index contributed by atoms with van der Waals surface area (Å²) >= 11 is 0. The number of unbranched alkanes of at least 4 members (excludes halogenated alkanes) is 2. The molecular formula is C16H38N2O4. The molecule has 0 radical (unpaired) electrons. The first-order chi connectivity index (χ1) is 9.44. The highest BCUT2D eigenvalue weighted by molar-refractivity contribution is 5.67. The van der Waals surface area contributed by atoms with Gasteiger partial charge in [-0.05, 0) is 37.5 Å². The Labute approximate surface area is 135 Å². The summed E-state index contributed by atoms with van der Waals surface area (Å²) in [7, 11) is 0. The normalized spacial score (nSPS) is 11.8. The molecular weight excluding hydrogens is 284 g/mol. The molecule has 0 saturated carbocycles. The van der Waals surface area contributed by atoms with Crippen LogP contribution in [0.4, 0.5) is 0 Å². The molecule has 0 fully saturated rings. The smallest absolute Gasteiger partial charge is 0.0445 e. The van der Waals surface area contributed by atoms with Gasteiger partial charge in [0.05, 0.1) is 0 Å². The van der Waals surface area contributed by atoms with Crippen LogP contribution in [0.1, 0.15) is 79.1 Å². The van der Waals surface area contributed by atoms with Crippen LogP contribution in [0.3, 0.4) is 0 Å². The van der Waals surface area contributed by atoms with Gasteiger partial charge in [0, 0.05) is 11.9 Å². The largest absolute Gasteiger partial charge is 0.550 e. The molecule has 0 aromatic rings. The fourth-order valence-electron chi connectivity index (χ4n) is 1.88. The van der Waals surface area contributed by atoms with Gasteiger partial charge in [-0.15, -0.1) is 0 Å². The van der Waals surface area contributed by atoms with Gasteiger partial charge in [-0.3, -0.25) is 0 Å². The summed E-state index contributed by atoms with van der Waals surface area (Å²) in [4.78, 5) is 20.7. The highest BCUT2D eigenvalue weighted by Crippen LogP contribution is 2.11. The average molecular weight is 322 g/mol. The van der Waals surface area contributed by atoms with Crippen LogP contribution in [0.5, 0.6) is 0 Å². The summed E-state index contributed by atoms with van der Waals surface area (Å²) in [5, 5.41) is 20.7. The lowest BCUT2D eigenvalue weighted by molar-refractivity contribution is -0.313. The lowest BCUT2D eigenvalue weighted by Crippen LogP contribution is -2.30. The Kier molecular flexibility index (Phi) is 26.1. The Morgan fingerprint density at radius 3 is 1.14 bits per heavy atom. The van der Waals surface area contributed by atoms with Gasteiger partial charge in [0.2, 0.25) is 0 Å². The van der Waals surface area contributed by atoms with E-state index >= 15 is 0 Å². The molecule has 22 heavy (non-hydrogen) atoms. The van der Waals surface area contributed by atoms with Crippen molar-refractivity contribution in [3.8, 4) is 0 Å². The van der Waals surface area contributed by atoms with Crippen LogP contribution in [0.15, 0.2) is 0 Å². The number of carboxylic acids is 2. The predicted octanol–water partition coefficient (Wildman–Crippen LogP) is 2.66. The first kappa shape index (κ1) is 28.9. The second-order valence-corrected chi connectivity index (χ2v) is 5.13. The van der Waals surface area contributed by atoms with E-state index in [1.807, 2.05) is 13.8 Å². The van der Waals surface area contributed by atoms with E-state index in [9.17, 15) is 19.8 Å². The van der Waals surface area contributed by atoms with Crippen molar-refractivity contribution >= 4 is 11.9 Å². The summed E-state index contributed by atoms with van der Waals surface area (Å²) in [5.74, 6) is -2.23. The quantitative estimate of drug-likeness (QED) is 0.634. The molecule has 0 aromatic carbocycles. The SMILES string of the molecule is CCCCC(CC)C(=O)[O-].CCCCC(CC)C(=O)[O-].[NH4+].[NH4+]. The third kappa shape index (κ3) is 16.9. The zero-order valence-electron chi connectivity index (χ0n) is 15.4. The summed E-state index contributed by atoms with van der Waals surface area (Å²) in [6.45, 7) is 7.89. The summed E-state index contributed by atoms with van der Waals surface area (Å²) in [5.41, 5.74) is 0. The third-order valence-corrected chi connectivity index (χ3v) is 3.46. The molecule has 0 saturated heterocycles. The molecule has 0 heterocycles. The van der Waals surface area contributed by atoms with Gasteiger partial charge in [-0.25, -0.2) is 0 Å². The summed E-state index contributed by atoms with van der Waals surface area (Å²) in [6.07, 6.45) is 7.04. The number of carbonyl (C=O) groups is 2. The van der Waals surface area contributed by atoms with Gasteiger partial charge in [0.25, 0.3) is 0 Å². The maximum absolute atomic E-state index is 10.3. The number of aliphatic carboxylic acids is 2. The predicted molar refractivity (Wildman–Crippen MR) is 88.6 cm³/mol. The molecule has 0 aromatic heterocycles. The van der Waals surface area contributed by atoms with Gasteiger partial charge in [0.1, 0.15) is 0 Å². The van der Waals surface area contributed by atoms with Gasteiger partial charge in [0.15, 0.2) is 0 Å². The van der Waals surface area contributed by atoms with E-state index in [2.05, 4.69) is 13.8 Å². The van der Waals surface area contributed by atoms with E-state index in [1.54, 1.807) is 0 Å². The van der Waals surface area contributed by atoms with E-state index in [4.69, 9.17) is 0 Å². The lowest BCUT2D eigenvalue weighted by atomic mass is 10.00. The van der Waals surface area contributed by atoms with Crippen molar-refractivity contribution in [2.45, 2.75) is 79.1 Å². The maximum Gasteiger partial charge on any atom is 0.0445 e. The molecule has 2 unspecified atom stereocenters. The van der Waals surface area contributed by atoms with Crippen molar-refractivity contribution < 1.29 is 19.8 Å². The van der Waals surface area contributed by atoms with Crippen LogP contribution in [-0.2, 0) is 9.59 Å². The van der Waals surface area contributed by atoms with Crippen molar-refractivity contribution in [3.63, 3.8) is 0 Å². The molecule has 0 aliphatic rings. The monoisotopic (exact) mass is 322 g/mol. The third-order valence-electron chi connectivity index (χ3n) is 3.46. The minimum Gasteiger partial charge on any atom is -0.550 e. The first-order valence-corrected chi connectivity index (χ1v) is 7.86. The molecule has 0 aliphatic carbocycles. The van der Waals surface area contributed by atoms with Gasteiger partial charge in [-0.1, -0.05) is 53.4 Å². The van der Waals surface area contributed by atoms with Crippen molar-refractivity contribution in [3.05, 3.63) is 0 Å². The molecule has 6 nitrogen and oxygen atoms in total. The summed E-state index contributed by atoms with van der Waals surface area (Å²) < 4.78 is 0. The summed E-state index contributed by atoms with van der Waals surface area (Å²) in [6, 6.07) is 0. The van der Waals surface area contributed by atoms with Gasteiger partial charge < -0.3 is 32.1 Å². The highest BCUT2D eigenvalue weighted by Gasteiger charge is 2.05. The zero-order chi connectivity index (χ0) is 16.0. The van der Waals surface area contributed by atoms with Crippen LogP contribution in [0.25, 0.3) is 0 Å². The molecule has 136 valence electrons. The number of hydrogen-bond donors (Lipinski definition) is 2. The lowest BCUT2D eigenvalue weighted by Gasteiger charge is -2.14. The molecule has 0 bridgehead atoms. The van der Waals surface area contributed by atoms with E-state index in [1.165, 1.54) is 0 Å². The molecule has 0 spiro atoms. The topological polar surface area (TPSA) is 153 Å². The Balaban J connectivity index is -0.000000135. The fourth-order valence-corrected chi connectivity index (χ4v) is 1.88. The minimum absolute atomic E-state index is 0. The second kappa shape index (κ2) is 19.9. The molecule has 0 rings (SSSR count). The molecule has 0 aliphatic heterocycles. The Hall–Kier alpha value is -1.14. The minimum atomic E-state index is -0.893. The van der Waals surface area contributed by atoms with Gasteiger partial charge in [-0.2, -0.15) is 0 Å². The molecule has 6 heteroatoms. The molecule has 2 atom stereocenters. The van der Waals surface area contributed by atoms with Crippen LogP contribution < -0.4 is 22.5 Å². The highest BCUT2D eigenvalue weighted by atomic mass is 16.4. The van der Waals surface area contributed by atoms with Crippen LogP contribution >= 0.6 is 0 Å². The van der Waals surface area contributed by atoms with E-state index in [-0.39, 0.29) is 24.1 Å². The zero-order valence-corrected chi connectivity index (χ0v) is 15.4. The fraction of sp³-hybridized carbons (Fsp3) is 0.875. The van der Waals surface area contributed by atoms with Gasteiger partial charge >= 0.3 is 0 Å². The Morgan fingerprint density at radius 1 is 0.727 bits per heavy atom.